The van der Waals surface area contributed by atoms with Gasteiger partial charge in [-0.05, 0) is 30.7 Å². The fourth-order valence-electron chi connectivity index (χ4n) is 1.47. The number of methoxy groups -OCH3 is 1. The zero-order valence-electron chi connectivity index (χ0n) is 10.1. The van der Waals surface area contributed by atoms with Gasteiger partial charge in [0.05, 0.1) is 7.11 Å². The summed E-state index contributed by atoms with van der Waals surface area (Å²) in [6.45, 7) is 2.41. The molecule has 2 N–H and O–H groups in total. The molecule has 1 aromatic rings. The maximum absolute atomic E-state index is 13.4. The van der Waals surface area contributed by atoms with Gasteiger partial charge in [0, 0.05) is 21.8 Å². The Kier molecular flexibility index (Phi) is 5.58. The van der Waals surface area contributed by atoms with Gasteiger partial charge in [0.25, 0.3) is 0 Å². The highest BCUT2D eigenvalue weighted by atomic mass is 32.2. The second-order valence-electron chi connectivity index (χ2n) is 3.88. The second-order valence-corrected chi connectivity index (χ2v) is 5.74. The second kappa shape index (κ2) is 6.71. The molecule has 0 spiro atoms. The normalized spacial score (nSPS) is 14.4. The summed E-state index contributed by atoms with van der Waals surface area (Å²) in [6.07, 6.45) is 0.714. The molecule has 0 fully saturated rings. The lowest BCUT2D eigenvalue weighted by Crippen LogP contribution is -2.17. The van der Waals surface area contributed by atoms with E-state index in [0.29, 0.717) is 24.3 Å². The first kappa shape index (κ1) is 14.1. The summed E-state index contributed by atoms with van der Waals surface area (Å²) in [5, 5.41) is 0.0326. The molecule has 2 unspecified atom stereocenters. The lowest BCUT2D eigenvalue weighted by molar-refractivity contribution is 0.386. The van der Waals surface area contributed by atoms with E-state index in [1.807, 2.05) is 6.92 Å². The summed E-state index contributed by atoms with van der Waals surface area (Å²) in [5.41, 5.74) is 6.13. The molecule has 17 heavy (non-hydrogen) atoms. The van der Waals surface area contributed by atoms with Crippen molar-refractivity contribution in [1.82, 2.24) is 0 Å². The van der Waals surface area contributed by atoms with Crippen LogP contribution >= 0.6 is 0 Å². The molecule has 3 nitrogen and oxygen atoms in total. The molecule has 1 rings (SSSR count). The third kappa shape index (κ3) is 4.09. The molecule has 0 aromatic heterocycles. The van der Waals surface area contributed by atoms with Gasteiger partial charge in [0.1, 0.15) is 0 Å². The van der Waals surface area contributed by atoms with E-state index in [9.17, 15) is 8.60 Å². The van der Waals surface area contributed by atoms with Gasteiger partial charge < -0.3 is 10.5 Å². The number of ether oxygens (including phenoxy) is 1. The Hall–Kier alpha value is -0.940. The van der Waals surface area contributed by atoms with E-state index < -0.39 is 16.6 Å². The lowest BCUT2D eigenvalue weighted by atomic mass is 10.2. The van der Waals surface area contributed by atoms with Crippen molar-refractivity contribution in [1.29, 1.82) is 0 Å². The minimum absolute atomic E-state index is 0.0326. The molecule has 5 heteroatoms. The quantitative estimate of drug-likeness (QED) is 0.848. The fraction of sp³-hybridized carbons (Fsp3) is 0.500. The van der Waals surface area contributed by atoms with E-state index in [1.54, 1.807) is 12.1 Å². The summed E-state index contributed by atoms with van der Waals surface area (Å²) in [4.78, 5) is 0. The standard InChI is InChI=1S/C12H18FNO2S/c1-9(5-6-14)17(15)8-10-3-4-12(16-2)11(13)7-10/h3-4,7,9H,5-6,8,14H2,1-2H3. The highest BCUT2D eigenvalue weighted by Crippen LogP contribution is 2.19. The Morgan fingerprint density at radius 3 is 2.76 bits per heavy atom. The van der Waals surface area contributed by atoms with Crippen LogP contribution in [0.15, 0.2) is 18.2 Å². The van der Waals surface area contributed by atoms with Crippen LogP contribution in [0.3, 0.4) is 0 Å². The fourth-order valence-corrected chi connectivity index (χ4v) is 2.66. The molecular formula is C12H18FNO2S. The number of nitrogens with two attached hydrogens (primary N) is 1. The molecule has 0 heterocycles. The summed E-state index contributed by atoms with van der Waals surface area (Å²) in [5.74, 6) is 0.130. The largest absolute Gasteiger partial charge is 0.494 e. The van der Waals surface area contributed by atoms with Gasteiger partial charge in [-0.25, -0.2) is 4.39 Å². The molecule has 2 atom stereocenters. The van der Waals surface area contributed by atoms with Crippen LogP contribution in [0.5, 0.6) is 5.75 Å². The molecule has 0 amide bonds. The molecule has 0 aliphatic heterocycles. The van der Waals surface area contributed by atoms with Crippen LogP contribution in [0.4, 0.5) is 4.39 Å². The third-order valence-corrected chi connectivity index (χ3v) is 4.30. The van der Waals surface area contributed by atoms with Crippen molar-refractivity contribution in [2.45, 2.75) is 24.3 Å². The van der Waals surface area contributed by atoms with E-state index in [4.69, 9.17) is 10.5 Å². The minimum atomic E-state index is -1.02. The molecular weight excluding hydrogens is 241 g/mol. The zero-order valence-corrected chi connectivity index (χ0v) is 10.9. The molecule has 0 aliphatic carbocycles. The van der Waals surface area contributed by atoms with Gasteiger partial charge in [-0.3, -0.25) is 4.21 Å². The average molecular weight is 259 g/mol. The zero-order chi connectivity index (χ0) is 12.8. The Labute approximate surface area is 104 Å². The summed E-state index contributed by atoms with van der Waals surface area (Å²) in [7, 11) is 0.396. The van der Waals surface area contributed by atoms with Crippen LogP contribution in [0.1, 0.15) is 18.9 Å². The van der Waals surface area contributed by atoms with Crippen LogP contribution in [0.2, 0.25) is 0 Å². The maximum atomic E-state index is 13.4. The third-order valence-electron chi connectivity index (χ3n) is 2.55. The van der Waals surface area contributed by atoms with Crippen LogP contribution < -0.4 is 10.5 Å². The van der Waals surface area contributed by atoms with Crippen LogP contribution in [-0.4, -0.2) is 23.1 Å². The number of hydrogen-bond acceptors (Lipinski definition) is 3. The van der Waals surface area contributed by atoms with Crippen molar-refractivity contribution >= 4 is 10.8 Å². The number of benzene rings is 1. The SMILES string of the molecule is COc1ccc(CS(=O)C(C)CCN)cc1F. The number of rotatable bonds is 6. The van der Waals surface area contributed by atoms with Crippen molar-refractivity contribution in [3.8, 4) is 5.75 Å². The van der Waals surface area contributed by atoms with Crippen molar-refractivity contribution in [2.24, 2.45) is 5.73 Å². The Morgan fingerprint density at radius 1 is 1.53 bits per heavy atom. The van der Waals surface area contributed by atoms with Gasteiger partial charge in [-0.15, -0.1) is 0 Å². The van der Waals surface area contributed by atoms with E-state index in [0.717, 1.165) is 0 Å². The van der Waals surface area contributed by atoms with Crippen molar-refractivity contribution in [3.05, 3.63) is 29.6 Å². The van der Waals surface area contributed by atoms with Crippen molar-refractivity contribution in [2.75, 3.05) is 13.7 Å². The van der Waals surface area contributed by atoms with E-state index >= 15 is 0 Å². The van der Waals surface area contributed by atoms with Gasteiger partial charge in [0.15, 0.2) is 11.6 Å². The van der Waals surface area contributed by atoms with E-state index in [2.05, 4.69) is 0 Å². The van der Waals surface area contributed by atoms with Crippen LogP contribution in [0, 0.1) is 5.82 Å². The van der Waals surface area contributed by atoms with Crippen LogP contribution in [-0.2, 0) is 16.6 Å². The van der Waals surface area contributed by atoms with Gasteiger partial charge in [-0.2, -0.15) is 0 Å². The molecule has 96 valence electrons. The van der Waals surface area contributed by atoms with E-state index in [-0.39, 0.29) is 11.0 Å². The van der Waals surface area contributed by atoms with Crippen molar-refractivity contribution in [3.63, 3.8) is 0 Å². The number of halogens is 1. The first-order chi connectivity index (χ1) is 8.08. The first-order valence-corrected chi connectivity index (χ1v) is 6.86. The Bertz CT molecular complexity index is 398. The Morgan fingerprint density at radius 2 is 2.24 bits per heavy atom. The van der Waals surface area contributed by atoms with E-state index in [1.165, 1.54) is 13.2 Å². The number of hydrogen-bond donors (Lipinski definition) is 1. The molecule has 0 saturated heterocycles. The monoisotopic (exact) mass is 259 g/mol. The van der Waals surface area contributed by atoms with Gasteiger partial charge in [-0.1, -0.05) is 13.0 Å². The Balaban J connectivity index is 2.69. The lowest BCUT2D eigenvalue weighted by Gasteiger charge is -2.10. The van der Waals surface area contributed by atoms with Crippen LogP contribution in [0.25, 0.3) is 0 Å². The summed E-state index contributed by atoms with van der Waals surface area (Å²) >= 11 is 0. The molecule has 0 aliphatic rings. The molecule has 1 aromatic carbocycles. The first-order valence-electron chi connectivity index (χ1n) is 5.48. The predicted molar refractivity (Wildman–Crippen MR) is 67.9 cm³/mol. The highest BCUT2D eigenvalue weighted by molar-refractivity contribution is 7.84. The highest BCUT2D eigenvalue weighted by Gasteiger charge is 2.12. The summed E-state index contributed by atoms with van der Waals surface area (Å²) in [6, 6.07) is 4.65. The molecule has 0 bridgehead atoms. The maximum Gasteiger partial charge on any atom is 0.165 e. The topological polar surface area (TPSA) is 52.3 Å². The predicted octanol–water partition coefficient (Wildman–Crippen LogP) is 1.82. The smallest absolute Gasteiger partial charge is 0.165 e. The molecule has 0 saturated carbocycles. The van der Waals surface area contributed by atoms with Gasteiger partial charge >= 0.3 is 0 Å². The minimum Gasteiger partial charge on any atom is -0.494 e. The van der Waals surface area contributed by atoms with Crippen molar-refractivity contribution < 1.29 is 13.3 Å². The van der Waals surface area contributed by atoms with Gasteiger partial charge in [0.2, 0.25) is 0 Å². The average Bonchev–Trinajstić information content (AvgIpc) is 2.29. The molecule has 0 radical (unpaired) electrons. The summed E-state index contributed by atoms with van der Waals surface area (Å²) < 4.78 is 30.1.